The standard InChI is InChI=1S/C20H16ClNO2S/c21-15-4-1-13(2-5-15)20-17-8-10-25-19(17)7-9-22(20)18-11-16(24)6-3-14(18)12-23/h1-6,8,10-12,20,24H,7,9H2. The van der Waals surface area contributed by atoms with E-state index < -0.39 is 0 Å². The maximum absolute atomic E-state index is 11.5. The molecular formula is C20H16ClNO2S. The van der Waals surface area contributed by atoms with Crippen LogP contribution in [0, 0.1) is 0 Å². The molecule has 1 N–H and O–H groups in total. The van der Waals surface area contributed by atoms with E-state index in [1.165, 1.54) is 10.4 Å². The van der Waals surface area contributed by atoms with Crippen LogP contribution < -0.4 is 4.90 Å². The van der Waals surface area contributed by atoms with E-state index in [1.807, 2.05) is 24.3 Å². The number of benzene rings is 2. The number of hydrogen-bond acceptors (Lipinski definition) is 4. The quantitative estimate of drug-likeness (QED) is 0.655. The first-order chi connectivity index (χ1) is 12.2. The van der Waals surface area contributed by atoms with Gasteiger partial charge in [0, 0.05) is 28.1 Å². The highest BCUT2D eigenvalue weighted by atomic mass is 35.5. The fourth-order valence-corrected chi connectivity index (χ4v) is 4.49. The summed E-state index contributed by atoms with van der Waals surface area (Å²) in [6.07, 6.45) is 1.77. The van der Waals surface area contributed by atoms with Gasteiger partial charge >= 0.3 is 0 Å². The molecule has 0 radical (unpaired) electrons. The van der Waals surface area contributed by atoms with Crippen LogP contribution in [0.1, 0.15) is 32.4 Å². The molecule has 0 bridgehead atoms. The number of thiophene rings is 1. The number of phenolic OH excluding ortho intramolecular Hbond substituents is 1. The van der Waals surface area contributed by atoms with Crippen LogP contribution in [0.4, 0.5) is 5.69 Å². The number of phenols is 1. The molecular weight excluding hydrogens is 354 g/mol. The summed E-state index contributed by atoms with van der Waals surface area (Å²) in [5.41, 5.74) is 3.70. The third-order valence-corrected chi connectivity index (χ3v) is 5.85. The Morgan fingerprint density at radius 1 is 1.16 bits per heavy atom. The Hall–Kier alpha value is -2.30. The zero-order chi connectivity index (χ0) is 17.4. The van der Waals surface area contributed by atoms with Crippen molar-refractivity contribution in [2.45, 2.75) is 12.5 Å². The fraction of sp³-hybridized carbons (Fsp3) is 0.150. The average molecular weight is 370 g/mol. The van der Waals surface area contributed by atoms with Crippen molar-refractivity contribution in [3.8, 4) is 5.75 Å². The summed E-state index contributed by atoms with van der Waals surface area (Å²) in [6, 6.07) is 14.8. The molecule has 1 unspecified atom stereocenters. The molecule has 0 spiro atoms. The van der Waals surface area contributed by atoms with Crippen LogP contribution in [0.2, 0.25) is 5.02 Å². The highest BCUT2D eigenvalue weighted by molar-refractivity contribution is 7.10. The number of aldehydes is 1. The first kappa shape index (κ1) is 16.2. The van der Waals surface area contributed by atoms with E-state index in [4.69, 9.17) is 11.6 Å². The molecule has 5 heteroatoms. The molecule has 2 heterocycles. The van der Waals surface area contributed by atoms with Gasteiger partial charge in [0.1, 0.15) is 5.75 Å². The summed E-state index contributed by atoms with van der Waals surface area (Å²) in [5.74, 6) is 0.159. The summed E-state index contributed by atoms with van der Waals surface area (Å²) in [5, 5.41) is 12.8. The Bertz CT molecular complexity index is 920. The van der Waals surface area contributed by atoms with Crippen LogP contribution in [-0.2, 0) is 6.42 Å². The minimum absolute atomic E-state index is 0.00670. The predicted molar refractivity (Wildman–Crippen MR) is 102 cm³/mol. The van der Waals surface area contributed by atoms with Crippen LogP contribution in [0.15, 0.2) is 53.9 Å². The molecule has 0 saturated heterocycles. The fourth-order valence-electron chi connectivity index (χ4n) is 3.46. The summed E-state index contributed by atoms with van der Waals surface area (Å²) >= 11 is 7.83. The molecule has 1 aliphatic heterocycles. The molecule has 1 atom stereocenters. The van der Waals surface area contributed by atoms with Crippen LogP contribution in [0.3, 0.4) is 0 Å². The van der Waals surface area contributed by atoms with Gasteiger partial charge in [0.05, 0.1) is 11.7 Å². The highest BCUT2D eigenvalue weighted by Gasteiger charge is 2.31. The van der Waals surface area contributed by atoms with Gasteiger partial charge in [-0.15, -0.1) is 11.3 Å². The van der Waals surface area contributed by atoms with Gasteiger partial charge < -0.3 is 10.0 Å². The third-order valence-electron chi connectivity index (χ3n) is 4.60. The third kappa shape index (κ3) is 2.92. The Labute approximate surface area is 155 Å². The lowest BCUT2D eigenvalue weighted by Gasteiger charge is -2.38. The number of carbonyl (C=O) groups is 1. The van der Waals surface area contributed by atoms with Crippen molar-refractivity contribution in [1.29, 1.82) is 0 Å². The number of rotatable bonds is 3. The number of halogens is 1. The first-order valence-electron chi connectivity index (χ1n) is 8.04. The molecule has 3 aromatic rings. The van der Waals surface area contributed by atoms with E-state index in [0.717, 1.165) is 30.5 Å². The van der Waals surface area contributed by atoms with E-state index in [1.54, 1.807) is 29.5 Å². The Morgan fingerprint density at radius 2 is 1.96 bits per heavy atom. The lowest BCUT2D eigenvalue weighted by Crippen LogP contribution is -2.36. The number of nitrogens with zero attached hydrogens (tertiary/aromatic N) is 1. The molecule has 0 aliphatic carbocycles. The summed E-state index contributed by atoms with van der Waals surface area (Å²) < 4.78 is 0. The monoisotopic (exact) mass is 369 g/mol. The molecule has 1 aromatic heterocycles. The van der Waals surface area contributed by atoms with Gasteiger partial charge in [0.2, 0.25) is 0 Å². The maximum Gasteiger partial charge on any atom is 0.152 e. The second-order valence-electron chi connectivity index (χ2n) is 6.06. The van der Waals surface area contributed by atoms with E-state index in [2.05, 4.69) is 16.3 Å². The number of anilines is 1. The zero-order valence-corrected chi connectivity index (χ0v) is 14.9. The van der Waals surface area contributed by atoms with E-state index in [9.17, 15) is 9.90 Å². The van der Waals surface area contributed by atoms with Crippen molar-refractivity contribution in [2.75, 3.05) is 11.4 Å². The van der Waals surface area contributed by atoms with Crippen molar-refractivity contribution in [2.24, 2.45) is 0 Å². The number of carbonyl (C=O) groups excluding carboxylic acids is 1. The molecule has 25 heavy (non-hydrogen) atoms. The second kappa shape index (κ2) is 6.54. The van der Waals surface area contributed by atoms with Crippen molar-refractivity contribution < 1.29 is 9.90 Å². The van der Waals surface area contributed by atoms with Gasteiger partial charge in [-0.05, 0) is 53.3 Å². The minimum atomic E-state index is -0.00670. The van der Waals surface area contributed by atoms with Crippen molar-refractivity contribution in [3.05, 3.63) is 80.5 Å². The van der Waals surface area contributed by atoms with Crippen molar-refractivity contribution in [1.82, 2.24) is 0 Å². The smallest absolute Gasteiger partial charge is 0.152 e. The van der Waals surface area contributed by atoms with Crippen LogP contribution in [-0.4, -0.2) is 17.9 Å². The SMILES string of the molecule is O=Cc1ccc(O)cc1N1CCc2sccc2C1c1ccc(Cl)cc1. The average Bonchev–Trinajstić information content (AvgIpc) is 3.10. The Kier molecular flexibility index (Phi) is 4.24. The summed E-state index contributed by atoms with van der Waals surface area (Å²) in [6.45, 7) is 0.783. The van der Waals surface area contributed by atoms with E-state index >= 15 is 0 Å². The molecule has 1 aliphatic rings. The summed E-state index contributed by atoms with van der Waals surface area (Å²) in [4.78, 5) is 15.1. The van der Waals surface area contributed by atoms with Gasteiger partial charge in [-0.1, -0.05) is 23.7 Å². The van der Waals surface area contributed by atoms with Gasteiger partial charge in [0.15, 0.2) is 6.29 Å². The molecule has 0 fully saturated rings. The van der Waals surface area contributed by atoms with E-state index in [0.29, 0.717) is 10.6 Å². The lowest BCUT2D eigenvalue weighted by atomic mass is 9.92. The van der Waals surface area contributed by atoms with Crippen molar-refractivity contribution in [3.63, 3.8) is 0 Å². The Morgan fingerprint density at radius 3 is 2.72 bits per heavy atom. The molecule has 3 nitrogen and oxygen atoms in total. The van der Waals surface area contributed by atoms with Gasteiger partial charge in [-0.3, -0.25) is 4.79 Å². The lowest BCUT2D eigenvalue weighted by molar-refractivity contribution is 0.112. The summed E-state index contributed by atoms with van der Waals surface area (Å²) in [7, 11) is 0. The zero-order valence-electron chi connectivity index (χ0n) is 13.4. The van der Waals surface area contributed by atoms with Crippen LogP contribution >= 0.6 is 22.9 Å². The molecule has 0 saturated carbocycles. The van der Waals surface area contributed by atoms with Gasteiger partial charge in [0.25, 0.3) is 0 Å². The molecule has 2 aromatic carbocycles. The largest absolute Gasteiger partial charge is 0.508 e. The molecule has 0 amide bonds. The van der Waals surface area contributed by atoms with Gasteiger partial charge in [-0.25, -0.2) is 0 Å². The maximum atomic E-state index is 11.5. The van der Waals surface area contributed by atoms with Crippen molar-refractivity contribution >= 4 is 34.9 Å². The van der Waals surface area contributed by atoms with Crippen LogP contribution in [0.5, 0.6) is 5.75 Å². The number of fused-ring (bicyclic) bond motifs is 1. The molecule has 126 valence electrons. The number of aromatic hydroxyl groups is 1. The second-order valence-corrected chi connectivity index (χ2v) is 7.49. The van der Waals surface area contributed by atoms with E-state index in [-0.39, 0.29) is 11.8 Å². The Balaban J connectivity index is 1.88. The van der Waals surface area contributed by atoms with Crippen LogP contribution in [0.25, 0.3) is 0 Å². The highest BCUT2D eigenvalue weighted by Crippen LogP contribution is 2.42. The molecule has 4 rings (SSSR count). The van der Waals surface area contributed by atoms with Gasteiger partial charge in [-0.2, -0.15) is 0 Å². The normalized spacial score (nSPS) is 16.5. The topological polar surface area (TPSA) is 40.5 Å². The predicted octanol–water partition coefficient (Wildman–Crippen LogP) is 5.07. The number of hydrogen-bond donors (Lipinski definition) is 1. The first-order valence-corrected chi connectivity index (χ1v) is 9.29. The minimum Gasteiger partial charge on any atom is -0.508 e.